The summed E-state index contributed by atoms with van der Waals surface area (Å²) in [5.41, 5.74) is 4.39. The van der Waals surface area contributed by atoms with Crippen molar-refractivity contribution < 1.29 is 4.42 Å². The highest BCUT2D eigenvalue weighted by molar-refractivity contribution is 6.36. The lowest BCUT2D eigenvalue weighted by atomic mass is 9.91. The third kappa shape index (κ3) is 4.14. The van der Waals surface area contributed by atoms with Crippen molar-refractivity contribution in [3.05, 3.63) is 152 Å². The number of hydrogen-bond donors (Lipinski definition) is 0. The highest BCUT2D eigenvalue weighted by Crippen LogP contribution is 2.46. The first-order valence-corrected chi connectivity index (χ1v) is 16.9. The fourth-order valence-electron chi connectivity index (χ4n) is 7.80. The van der Waals surface area contributed by atoms with E-state index in [4.69, 9.17) is 19.4 Å². The Morgan fingerprint density at radius 3 is 1.55 bits per heavy atom. The number of rotatable bonds is 3. The van der Waals surface area contributed by atoms with Crippen molar-refractivity contribution in [2.45, 2.75) is 0 Å². The van der Waals surface area contributed by atoms with Gasteiger partial charge in [0.25, 0.3) is 0 Å². The molecule has 0 bridgehead atoms. The molecular formula is C45H25N5O. The van der Waals surface area contributed by atoms with Gasteiger partial charge in [-0.1, -0.05) is 91.0 Å². The van der Waals surface area contributed by atoms with Crippen LogP contribution >= 0.6 is 0 Å². The van der Waals surface area contributed by atoms with Gasteiger partial charge in [-0.05, 0) is 79.5 Å². The Morgan fingerprint density at radius 2 is 0.843 bits per heavy atom. The number of nitrogens with zero attached hydrogens (tertiary/aromatic N) is 5. The molecule has 0 spiro atoms. The molecule has 6 heteroatoms. The number of pyridine rings is 2. The monoisotopic (exact) mass is 651 g/mol. The molecule has 0 N–H and O–H groups in total. The molecular weight excluding hydrogens is 627 g/mol. The molecule has 51 heavy (non-hydrogen) atoms. The van der Waals surface area contributed by atoms with Crippen LogP contribution in [0.1, 0.15) is 0 Å². The maximum atomic E-state index is 7.04. The maximum Gasteiger partial charge on any atom is 0.165 e. The van der Waals surface area contributed by atoms with Gasteiger partial charge in [0.1, 0.15) is 11.2 Å². The molecule has 0 aliphatic carbocycles. The number of benzene rings is 7. The van der Waals surface area contributed by atoms with Gasteiger partial charge in [-0.3, -0.25) is 9.97 Å². The quantitative estimate of drug-likeness (QED) is 0.177. The first kappa shape index (κ1) is 27.9. The lowest BCUT2D eigenvalue weighted by molar-refractivity contribution is 0.677. The van der Waals surface area contributed by atoms with Crippen LogP contribution in [0.4, 0.5) is 0 Å². The fraction of sp³-hybridized carbons (Fsp3) is 0. The Morgan fingerprint density at radius 1 is 0.333 bits per heavy atom. The Labute approximate surface area is 290 Å². The van der Waals surface area contributed by atoms with E-state index in [2.05, 4.69) is 113 Å². The first-order chi connectivity index (χ1) is 25.3. The van der Waals surface area contributed by atoms with E-state index < -0.39 is 0 Å². The molecule has 0 atom stereocenters. The predicted octanol–water partition coefficient (Wildman–Crippen LogP) is 11.3. The Balaban J connectivity index is 1.23. The van der Waals surface area contributed by atoms with Crippen molar-refractivity contribution in [3.63, 3.8) is 0 Å². The second-order valence-corrected chi connectivity index (χ2v) is 12.9. The van der Waals surface area contributed by atoms with Gasteiger partial charge in [0, 0.05) is 63.0 Å². The maximum absolute atomic E-state index is 7.04. The standard InChI is InChI=1S/C45H25N5O/c1-2-12-32-30(10-1)34-17-18-37-40-33-13-5-3-9-29(33)31-11-4-6-14-36(31)41(40)51-42(37)39(34)35-16-15-27(24-38(32)35)44-48-43(26-19-22-46-23-20-26)49-45(50-44)28-8-7-21-47-25-28/h1-25H. The van der Waals surface area contributed by atoms with E-state index in [9.17, 15) is 0 Å². The van der Waals surface area contributed by atoms with Gasteiger partial charge in [-0.25, -0.2) is 15.0 Å². The van der Waals surface area contributed by atoms with Crippen molar-refractivity contribution >= 4 is 75.8 Å². The molecule has 6 nitrogen and oxygen atoms in total. The third-order valence-electron chi connectivity index (χ3n) is 10.1. The van der Waals surface area contributed by atoms with Crippen molar-refractivity contribution in [2.24, 2.45) is 0 Å². The molecule has 0 unspecified atom stereocenters. The molecule has 0 aliphatic rings. The van der Waals surface area contributed by atoms with Crippen molar-refractivity contribution in [2.75, 3.05) is 0 Å². The van der Waals surface area contributed by atoms with Crippen LogP contribution in [-0.2, 0) is 0 Å². The van der Waals surface area contributed by atoms with Gasteiger partial charge >= 0.3 is 0 Å². The van der Waals surface area contributed by atoms with Gasteiger partial charge in [-0.15, -0.1) is 0 Å². The van der Waals surface area contributed by atoms with Gasteiger partial charge in [0.2, 0.25) is 0 Å². The van der Waals surface area contributed by atoms with Crippen LogP contribution in [0.15, 0.2) is 157 Å². The molecule has 0 radical (unpaired) electrons. The average molecular weight is 652 g/mol. The largest absolute Gasteiger partial charge is 0.455 e. The zero-order valence-corrected chi connectivity index (χ0v) is 27.1. The summed E-state index contributed by atoms with van der Waals surface area (Å²) in [7, 11) is 0. The highest BCUT2D eigenvalue weighted by atomic mass is 16.3. The minimum atomic E-state index is 0.562. The number of aromatic nitrogens is 5. The lowest BCUT2D eigenvalue weighted by Gasteiger charge is -2.13. The van der Waals surface area contributed by atoms with Crippen LogP contribution in [-0.4, -0.2) is 24.9 Å². The molecule has 0 fully saturated rings. The summed E-state index contributed by atoms with van der Waals surface area (Å²) in [6, 6.07) is 44.5. The minimum Gasteiger partial charge on any atom is -0.455 e. The summed E-state index contributed by atoms with van der Waals surface area (Å²) in [5.74, 6) is 1.72. The molecule has 0 saturated heterocycles. The smallest absolute Gasteiger partial charge is 0.165 e. The molecule has 7 aromatic carbocycles. The molecule has 11 aromatic rings. The number of fused-ring (bicyclic) bond motifs is 15. The van der Waals surface area contributed by atoms with E-state index >= 15 is 0 Å². The van der Waals surface area contributed by atoms with Crippen LogP contribution in [0, 0.1) is 0 Å². The van der Waals surface area contributed by atoms with E-state index in [0.29, 0.717) is 17.5 Å². The summed E-state index contributed by atoms with van der Waals surface area (Å²) in [4.78, 5) is 23.4. The van der Waals surface area contributed by atoms with Crippen LogP contribution in [0.2, 0.25) is 0 Å². The average Bonchev–Trinajstić information content (AvgIpc) is 3.62. The molecule has 236 valence electrons. The molecule has 0 amide bonds. The van der Waals surface area contributed by atoms with E-state index in [1.165, 1.54) is 21.5 Å². The van der Waals surface area contributed by atoms with Gasteiger partial charge < -0.3 is 4.42 Å². The second-order valence-electron chi connectivity index (χ2n) is 12.9. The van der Waals surface area contributed by atoms with E-state index in [1.807, 2.05) is 24.3 Å². The highest BCUT2D eigenvalue weighted by Gasteiger charge is 2.21. The molecule has 11 rings (SSSR count). The fourth-order valence-corrected chi connectivity index (χ4v) is 7.80. The van der Waals surface area contributed by atoms with E-state index in [-0.39, 0.29) is 0 Å². The summed E-state index contributed by atoms with van der Waals surface area (Å²) < 4.78 is 7.04. The zero-order chi connectivity index (χ0) is 33.5. The van der Waals surface area contributed by atoms with Crippen LogP contribution in [0.3, 0.4) is 0 Å². The normalized spacial score (nSPS) is 11.9. The summed E-state index contributed by atoms with van der Waals surface area (Å²) in [5, 5.41) is 13.8. The SMILES string of the molecule is c1cncc(-c2nc(-c3ccncc3)nc(-c3ccc4c(c3)c3ccccc3c3ccc5c(oc6c7ccccc7c7ccccc7c56)c34)n2)c1. The van der Waals surface area contributed by atoms with Crippen LogP contribution in [0.5, 0.6) is 0 Å². The summed E-state index contributed by atoms with van der Waals surface area (Å²) in [6.45, 7) is 0. The molecule has 0 aliphatic heterocycles. The Bertz CT molecular complexity index is 3130. The van der Waals surface area contributed by atoms with E-state index in [0.717, 1.165) is 70.9 Å². The first-order valence-electron chi connectivity index (χ1n) is 16.9. The topological polar surface area (TPSA) is 77.6 Å². The number of hydrogen-bond acceptors (Lipinski definition) is 6. The van der Waals surface area contributed by atoms with Crippen LogP contribution < -0.4 is 0 Å². The van der Waals surface area contributed by atoms with Gasteiger partial charge in [0.05, 0.1) is 0 Å². The van der Waals surface area contributed by atoms with Crippen molar-refractivity contribution in [1.82, 2.24) is 24.9 Å². The molecule has 4 heterocycles. The summed E-state index contributed by atoms with van der Waals surface area (Å²) >= 11 is 0. The predicted molar refractivity (Wildman–Crippen MR) is 207 cm³/mol. The van der Waals surface area contributed by atoms with Gasteiger partial charge in [0.15, 0.2) is 17.5 Å². The third-order valence-corrected chi connectivity index (χ3v) is 10.1. The molecule has 4 aromatic heterocycles. The molecule has 0 saturated carbocycles. The van der Waals surface area contributed by atoms with Crippen LogP contribution in [0.25, 0.3) is 110 Å². The zero-order valence-electron chi connectivity index (χ0n) is 27.1. The number of furan rings is 1. The van der Waals surface area contributed by atoms with Gasteiger partial charge in [-0.2, -0.15) is 0 Å². The lowest BCUT2D eigenvalue weighted by Crippen LogP contribution is -2.00. The second kappa shape index (κ2) is 10.7. The Kier molecular flexibility index (Phi) is 5.86. The minimum absolute atomic E-state index is 0.562. The summed E-state index contributed by atoms with van der Waals surface area (Å²) in [6.07, 6.45) is 7.03. The van der Waals surface area contributed by atoms with E-state index in [1.54, 1.807) is 24.8 Å². The van der Waals surface area contributed by atoms with Crippen molar-refractivity contribution in [3.8, 4) is 34.2 Å². The Hall–Kier alpha value is -7.05. The van der Waals surface area contributed by atoms with Crippen molar-refractivity contribution in [1.29, 1.82) is 0 Å².